The molecule has 4 aromatic rings. The second-order valence-corrected chi connectivity index (χ2v) is 8.63. The molecule has 0 spiro atoms. The molecule has 1 aliphatic carbocycles. The summed E-state index contributed by atoms with van der Waals surface area (Å²) in [5, 5.41) is 15.5. The predicted octanol–water partition coefficient (Wildman–Crippen LogP) is 3.90. The minimum atomic E-state index is -0.813. The minimum absolute atomic E-state index is 0.201. The summed E-state index contributed by atoms with van der Waals surface area (Å²) in [6.07, 6.45) is 2.65. The minimum Gasteiger partial charge on any atom is -0.445 e. The van der Waals surface area contributed by atoms with Crippen LogP contribution in [0.25, 0.3) is 5.69 Å². The molecule has 0 aliphatic heterocycles. The molecule has 1 aliphatic rings. The van der Waals surface area contributed by atoms with E-state index >= 15 is 0 Å². The molecule has 1 N–H and O–H groups in total. The van der Waals surface area contributed by atoms with Crippen LogP contribution in [0.1, 0.15) is 29.1 Å². The summed E-state index contributed by atoms with van der Waals surface area (Å²) in [4.78, 5) is 17.1. The quantitative estimate of drug-likeness (QED) is 0.476. The Morgan fingerprint density at radius 1 is 1.16 bits per heavy atom. The Morgan fingerprint density at radius 3 is 2.50 bits per heavy atom. The summed E-state index contributed by atoms with van der Waals surface area (Å²) in [5.74, 6) is -0.904. The van der Waals surface area contributed by atoms with Crippen molar-refractivity contribution in [2.45, 2.75) is 31.9 Å². The molecule has 0 radical (unpaired) electrons. The zero-order valence-corrected chi connectivity index (χ0v) is 17.8. The van der Waals surface area contributed by atoms with Gasteiger partial charge in [0.25, 0.3) is 0 Å². The van der Waals surface area contributed by atoms with Gasteiger partial charge in [-0.2, -0.15) is 9.78 Å². The lowest BCUT2D eigenvalue weighted by Gasteiger charge is -2.06. The van der Waals surface area contributed by atoms with Crippen molar-refractivity contribution in [3.05, 3.63) is 87.2 Å². The van der Waals surface area contributed by atoms with Crippen molar-refractivity contribution in [3.8, 4) is 16.5 Å². The lowest BCUT2D eigenvalue weighted by atomic mass is 10.2. The monoisotopic (exact) mass is 456 g/mol. The Bertz CT molecular complexity index is 1340. The van der Waals surface area contributed by atoms with Crippen LogP contribution in [-0.2, 0) is 12.1 Å². The van der Waals surface area contributed by atoms with E-state index in [-0.39, 0.29) is 12.1 Å². The fraction of sp³-hybridized carbons (Fsp3) is 0.227. The molecule has 1 fully saturated rings. The average molecular weight is 456 g/mol. The van der Waals surface area contributed by atoms with Gasteiger partial charge in [-0.1, -0.05) is 17.4 Å². The van der Waals surface area contributed by atoms with Gasteiger partial charge in [-0.25, -0.2) is 18.6 Å². The molecular weight excluding hydrogens is 438 g/mol. The summed E-state index contributed by atoms with van der Waals surface area (Å²) < 4.78 is 36.0. The van der Waals surface area contributed by atoms with Gasteiger partial charge in [-0.15, -0.1) is 0 Å². The third-order valence-corrected chi connectivity index (χ3v) is 6.52. The standard InChI is InChI=1S/C22H18F2N4O3S/c1-13-19(32-20(26-13)22(30)9-10-22)31-15-7-5-14(6-8-15)28-21(29)27(12-25-28)11-16-17(23)3-2-4-18(16)24/h2-8,12,30H,9-11H2,1H3. The van der Waals surface area contributed by atoms with E-state index in [1.807, 2.05) is 6.92 Å². The number of thiazole rings is 1. The van der Waals surface area contributed by atoms with E-state index in [4.69, 9.17) is 4.74 Å². The second-order valence-electron chi connectivity index (χ2n) is 7.67. The Hall–Kier alpha value is -3.37. The molecule has 0 unspecified atom stereocenters. The van der Waals surface area contributed by atoms with Crippen molar-refractivity contribution in [1.29, 1.82) is 0 Å². The maximum atomic E-state index is 13.9. The first-order valence-corrected chi connectivity index (χ1v) is 10.7. The first kappa shape index (κ1) is 20.5. The number of halogens is 2. The summed E-state index contributed by atoms with van der Waals surface area (Å²) in [6, 6.07) is 10.2. The number of aliphatic hydroxyl groups is 1. The maximum Gasteiger partial charge on any atom is 0.350 e. The highest BCUT2D eigenvalue weighted by Gasteiger charge is 2.45. The van der Waals surface area contributed by atoms with E-state index < -0.39 is 22.9 Å². The van der Waals surface area contributed by atoms with Crippen LogP contribution in [0.4, 0.5) is 8.78 Å². The van der Waals surface area contributed by atoms with Gasteiger partial charge < -0.3 is 9.84 Å². The third-order valence-electron chi connectivity index (χ3n) is 5.29. The highest BCUT2D eigenvalue weighted by molar-refractivity contribution is 7.13. The number of hydrogen-bond donors (Lipinski definition) is 1. The van der Waals surface area contributed by atoms with Gasteiger partial charge in [0.15, 0.2) is 0 Å². The lowest BCUT2D eigenvalue weighted by molar-refractivity contribution is 0.151. The van der Waals surface area contributed by atoms with Gasteiger partial charge in [0, 0.05) is 5.56 Å². The van der Waals surface area contributed by atoms with Crippen LogP contribution in [0, 0.1) is 18.6 Å². The van der Waals surface area contributed by atoms with Crippen molar-refractivity contribution in [3.63, 3.8) is 0 Å². The molecule has 2 aromatic carbocycles. The molecule has 0 saturated heterocycles. The average Bonchev–Trinajstić information content (AvgIpc) is 3.26. The Balaban J connectivity index is 1.35. The van der Waals surface area contributed by atoms with Crippen molar-refractivity contribution < 1.29 is 18.6 Å². The summed E-state index contributed by atoms with van der Waals surface area (Å²) in [7, 11) is 0. The Kier molecular flexibility index (Phi) is 4.90. The number of benzene rings is 2. The van der Waals surface area contributed by atoms with Crippen molar-refractivity contribution in [1.82, 2.24) is 19.3 Å². The van der Waals surface area contributed by atoms with Crippen LogP contribution in [0.2, 0.25) is 0 Å². The summed E-state index contributed by atoms with van der Waals surface area (Å²) in [5.41, 5.74) is -0.365. The second kappa shape index (κ2) is 7.64. The summed E-state index contributed by atoms with van der Waals surface area (Å²) >= 11 is 1.32. The van der Waals surface area contributed by atoms with E-state index in [1.54, 1.807) is 24.3 Å². The van der Waals surface area contributed by atoms with Crippen LogP contribution < -0.4 is 10.4 Å². The van der Waals surface area contributed by atoms with Gasteiger partial charge in [0.2, 0.25) is 5.06 Å². The largest absolute Gasteiger partial charge is 0.445 e. The molecule has 164 valence electrons. The number of aromatic nitrogens is 4. The lowest BCUT2D eigenvalue weighted by Crippen LogP contribution is -2.24. The number of aryl methyl sites for hydroxylation is 1. The van der Waals surface area contributed by atoms with Gasteiger partial charge in [0.05, 0.1) is 17.9 Å². The zero-order valence-electron chi connectivity index (χ0n) is 17.0. The highest BCUT2D eigenvalue weighted by atomic mass is 32.1. The van der Waals surface area contributed by atoms with Gasteiger partial charge in [-0.3, -0.25) is 4.57 Å². The van der Waals surface area contributed by atoms with Crippen LogP contribution in [0.15, 0.2) is 53.6 Å². The van der Waals surface area contributed by atoms with Gasteiger partial charge in [0.1, 0.15) is 34.3 Å². The molecule has 7 nitrogen and oxygen atoms in total. The molecule has 10 heteroatoms. The number of rotatable bonds is 6. The van der Waals surface area contributed by atoms with Gasteiger partial charge >= 0.3 is 5.69 Å². The summed E-state index contributed by atoms with van der Waals surface area (Å²) in [6.45, 7) is 1.55. The van der Waals surface area contributed by atoms with Crippen LogP contribution >= 0.6 is 11.3 Å². The van der Waals surface area contributed by atoms with E-state index in [9.17, 15) is 18.7 Å². The molecular formula is C22H18F2N4O3S. The van der Waals surface area contributed by atoms with Crippen molar-refractivity contribution in [2.24, 2.45) is 0 Å². The SMILES string of the molecule is Cc1nc(C2(O)CC2)sc1Oc1ccc(-n2ncn(Cc3c(F)cccc3F)c2=O)cc1. The van der Waals surface area contributed by atoms with Crippen molar-refractivity contribution in [2.75, 3.05) is 0 Å². The molecule has 0 atom stereocenters. The third kappa shape index (κ3) is 3.71. The predicted molar refractivity (Wildman–Crippen MR) is 113 cm³/mol. The fourth-order valence-electron chi connectivity index (χ4n) is 3.24. The number of ether oxygens (including phenoxy) is 1. The highest BCUT2D eigenvalue weighted by Crippen LogP contribution is 2.49. The van der Waals surface area contributed by atoms with E-state index in [0.29, 0.717) is 40.0 Å². The molecule has 1 saturated carbocycles. The van der Waals surface area contributed by atoms with E-state index in [2.05, 4.69) is 10.1 Å². The van der Waals surface area contributed by atoms with Crippen LogP contribution in [-0.4, -0.2) is 24.4 Å². The molecule has 32 heavy (non-hydrogen) atoms. The zero-order chi connectivity index (χ0) is 22.5. The first-order valence-electron chi connectivity index (χ1n) is 9.90. The van der Waals surface area contributed by atoms with E-state index in [0.717, 1.165) is 21.4 Å². The van der Waals surface area contributed by atoms with Gasteiger partial charge in [-0.05, 0) is 56.2 Å². The first-order chi connectivity index (χ1) is 15.3. The van der Waals surface area contributed by atoms with E-state index in [1.165, 1.54) is 23.7 Å². The Labute approximate surface area is 185 Å². The number of hydrogen-bond acceptors (Lipinski definition) is 6. The number of nitrogens with zero attached hydrogens (tertiary/aromatic N) is 4. The molecule has 5 rings (SSSR count). The maximum absolute atomic E-state index is 13.9. The Morgan fingerprint density at radius 2 is 1.84 bits per heavy atom. The van der Waals surface area contributed by atoms with Crippen LogP contribution in [0.5, 0.6) is 10.8 Å². The molecule has 2 aromatic heterocycles. The molecule has 2 heterocycles. The topological polar surface area (TPSA) is 82.2 Å². The van der Waals surface area contributed by atoms with Crippen molar-refractivity contribution >= 4 is 11.3 Å². The molecule has 0 amide bonds. The van der Waals surface area contributed by atoms with Crippen LogP contribution in [0.3, 0.4) is 0 Å². The molecule has 0 bridgehead atoms. The fourth-order valence-corrected chi connectivity index (χ4v) is 4.33. The normalized spacial score (nSPS) is 14.5. The smallest absolute Gasteiger partial charge is 0.350 e.